The Kier molecular flexibility index (Phi) is 2.85. The van der Waals surface area contributed by atoms with Gasteiger partial charge in [0.15, 0.2) is 5.69 Å². The summed E-state index contributed by atoms with van der Waals surface area (Å²) in [6, 6.07) is 9.96. The van der Waals surface area contributed by atoms with Crippen molar-refractivity contribution >= 4 is 11.6 Å². The lowest BCUT2D eigenvalue weighted by molar-refractivity contribution is 0.0979. The highest BCUT2D eigenvalue weighted by Gasteiger charge is 2.24. The number of hydrogen-bond donors (Lipinski definition) is 0. The molecule has 1 aliphatic heterocycles. The number of carbonyl (C=O) groups excluding carboxylic acids is 1. The van der Waals surface area contributed by atoms with Crippen LogP contribution in [-0.4, -0.2) is 22.2 Å². The van der Waals surface area contributed by atoms with Gasteiger partial charge >= 0.3 is 0 Å². The summed E-state index contributed by atoms with van der Waals surface area (Å²) in [5.74, 6) is -0.00384. The molecule has 0 N–H and O–H groups in total. The average molecular weight is 255 g/mol. The number of amides is 1. The van der Waals surface area contributed by atoms with Crippen LogP contribution in [0, 0.1) is 6.92 Å². The van der Waals surface area contributed by atoms with Gasteiger partial charge in [-0.25, -0.2) is 0 Å². The molecule has 0 saturated heterocycles. The largest absolute Gasteiger partial charge is 0.307 e. The van der Waals surface area contributed by atoms with E-state index in [1.165, 1.54) is 5.56 Å². The number of carbonyl (C=O) groups is 1. The predicted octanol–water partition coefficient (Wildman–Crippen LogP) is 2.32. The Hall–Kier alpha value is -2.10. The van der Waals surface area contributed by atoms with E-state index >= 15 is 0 Å². The van der Waals surface area contributed by atoms with Crippen molar-refractivity contribution in [3.05, 3.63) is 47.3 Å². The second kappa shape index (κ2) is 4.53. The van der Waals surface area contributed by atoms with Crippen LogP contribution in [-0.2, 0) is 13.5 Å². The molecule has 0 aliphatic carbocycles. The van der Waals surface area contributed by atoms with E-state index in [0.29, 0.717) is 5.69 Å². The molecule has 1 aliphatic rings. The zero-order valence-corrected chi connectivity index (χ0v) is 11.3. The smallest absolute Gasteiger partial charge is 0.278 e. The van der Waals surface area contributed by atoms with Crippen LogP contribution in [0.4, 0.5) is 5.69 Å². The molecule has 0 bridgehead atoms. The van der Waals surface area contributed by atoms with Gasteiger partial charge < -0.3 is 4.90 Å². The van der Waals surface area contributed by atoms with Crippen molar-refractivity contribution in [2.75, 3.05) is 11.4 Å². The van der Waals surface area contributed by atoms with E-state index in [-0.39, 0.29) is 5.91 Å². The molecule has 2 aromatic rings. The Morgan fingerprint density at radius 1 is 1.32 bits per heavy atom. The van der Waals surface area contributed by atoms with Crippen molar-refractivity contribution in [3.8, 4) is 0 Å². The normalized spacial score (nSPS) is 14.3. The molecule has 1 aromatic heterocycles. The van der Waals surface area contributed by atoms with Crippen molar-refractivity contribution in [1.29, 1.82) is 0 Å². The van der Waals surface area contributed by atoms with Crippen molar-refractivity contribution in [2.45, 2.75) is 19.8 Å². The summed E-state index contributed by atoms with van der Waals surface area (Å²) in [6.07, 6.45) is 2.05. The van der Waals surface area contributed by atoms with Gasteiger partial charge in [0.2, 0.25) is 0 Å². The number of aromatic nitrogens is 2. The van der Waals surface area contributed by atoms with Crippen molar-refractivity contribution in [2.24, 2.45) is 7.05 Å². The molecule has 0 radical (unpaired) electrons. The van der Waals surface area contributed by atoms with Crippen LogP contribution >= 0.6 is 0 Å². The maximum Gasteiger partial charge on any atom is 0.278 e. The fraction of sp³-hybridized carbons (Fsp3) is 0.333. The van der Waals surface area contributed by atoms with Crippen LogP contribution < -0.4 is 4.90 Å². The second-order valence-corrected chi connectivity index (χ2v) is 4.98. The molecule has 98 valence electrons. The average Bonchev–Trinajstić information content (AvgIpc) is 2.77. The SMILES string of the molecule is Cc1cc(C(=O)N2CCCc3ccccc32)nn1C. The first-order chi connectivity index (χ1) is 9.16. The molecular formula is C15H17N3O. The minimum atomic E-state index is -0.00384. The fourth-order valence-electron chi connectivity index (χ4n) is 2.55. The van der Waals surface area contributed by atoms with Gasteiger partial charge in [-0.2, -0.15) is 5.10 Å². The third kappa shape index (κ3) is 2.03. The topological polar surface area (TPSA) is 38.1 Å². The Morgan fingerprint density at radius 3 is 2.84 bits per heavy atom. The molecule has 2 heterocycles. The number of aryl methyl sites for hydroxylation is 3. The maximum atomic E-state index is 12.6. The minimum Gasteiger partial charge on any atom is -0.307 e. The van der Waals surface area contributed by atoms with Crippen LogP contribution in [0.1, 0.15) is 28.2 Å². The number of anilines is 1. The van der Waals surface area contributed by atoms with Gasteiger partial charge in [0.25, 0.3) is 5.91 Å². The highest BCUT2D eigenvalue weighted by molar-refractivity contribution is 6.05. The van der Waals surface area contributed by atoms with Crippen LogP contribution in [0.25, 0.3) is 0 Å². The molecule has 1 amide bonds. The van der Waals surface area contributed by atoms with Crippen LogP contribution in [0.5, 0.6) is 0 Å². The van der Waals surface area contributed by atoms with E-state index < -0.39 is 0 Å². The second-order valence-electron chi connectivity index (χ2n) is 4.98. The minimum absolute atomic E-state index is 0.00384. The highest BCUT2D eigenvalue weighted by atomic mass is 16.2. The Morgan fingerprint density at radius 2 is 2.11 bits per heavy atom. The number of benzene rings is 1. The van der Waals surface area contributed by atoms with Crippen molar-refractivity contribution in [1.82, 2.24) is 9.78 Å². The third-order valence-electron chi connectivity index (χ3n) is 3.69. The highest BCUT2D eigenvalue weighted by Crippen LogP contribution is 2.27. The van der Waals surface area contributed by atoms with Crippen LogP contribution in [0.3, 0.4) is 0 Å². The van der Waals surface area contributed by atoms with Crippen LogP contribution in [0.15, 0.2) is 30.3 Å². The monoisotopic (exact) mass is 255 g/mol. The molecule has 19 heavy (non-hydrogen) atoms. The van der Waals surface area contributed by atoms with E-state index in [2.05, 4.69) is 11.2 Å². The van der Waals surface area contributed by atoms with E-state index in [0.717, 1.165) is 30.8 Å². The molecule has 0 unspecified atom stereocenters. The van der Waals surface area contributed by atoms with Gasteiger partial charge in [0.05, 0.1) is 0 Å². The number of nitrogens with zero attached hydrogens (tertiary/aromatic N) is 3. The van der Waals surface area contributed by atoms with Crippen molar-refractivity contribution < 1.29 is 4.79 Å². The fourth-order valence-corrected chi connectivity index (χ4v) is 2.55. The van der Waals surface area contributed by atoms with E-state index in [1.807, 2.05) is 43.1 Å². The first kappa shape index (κ1) is 12.0. The first-order valence-corrected chi connectivity index (χ1v) is 6.57. The maximum absolute atomic E-state index is 12.6. The molecule has 0 fully saturated rings. The standard InChI is InChI=1S/C15H17N3O/c1-11-10-13(16-17(11)2)15(19)18-9-5-7-12-6-3-4-8-14(12)18/h3-4,6,8,10H,5,7,9H2,1-2H3. The molecule has 0 spiro atoms. The number of para-hydroxylation sites is 1. The first-order valence-electron chi connectivity index (χ1n) is 6.57. The van der Waals surface area contributed by atoms with Gasteiger partial charge in [-0.1, -0.05) is 18.2 Å². The summed E-state index contributed by atoms with van der Waals surface area (Å²) in [5, 5.41) is 4.28. The Bertz CT molecular complexity index is 611. The number of hydrogen-bond acceptors (Lipinski definition) is 2. The van der Waals surface area contributed by atoms with Gasteiger partial charge in [-0.15, -0.1) is 0 Å². The van der Waals surface area contributed by atoms with Gasteiger partial charge in [0.1, 0.15) is 0 Å². The molecule has 0 atom stereocenters. The molecule has 4 nitrogen and oxygen atoms in total. The quantitative estimate of drug-likeness (QED) is 0.784. The molecular weight excluding hydrogens is 238 g/mol. The van der Waals surface area contributed by atoms with E-state index in [9.17, 15) is 4.79 Å². The summed E-state index contributed by atoms with van der Waals surface area (Å²) >= 11 is 0. The molecule has 3 rings (SSSR count). The summed E-state index contributed by atoms with van der Waals surface area (Å²) in [7, 11) is 1.86. The van der Waals surface area contributed by atoms with Gasteiger partial charge in [-0.05, 0) is 37.5 Å². The predicted molar refractivity (Wildman–Crippen MR) is 74.4 cm³/mol. The summed E-state index contributed by atoms with van der Waals surface area (Å²) in [5.41, 5.74) is 3.79. The lowest BCUT2D eigenvalue weighted by atomic mass is 10.0. The van der Waals surface area contributed by atoms with Gasteiger partial charge in [-0.3, -0.25) is 9.48 Å². The zero-order valence-electron chi connectivity index (χ0n) is 11.3. The summed E-state index contributed by atoms with van der Waals surface area (Å²) in [4.78, 5) is 14.4. The van der Waals surface area contributed by atoms with E-state index in [1.54, 1.807) is 4.68 Å². The summed E-state index contributed by atoms with van der Waals surface area (Å²) < 4.78 is 1.74. The number of fused-ring (bicyclic) bond motifs is 1. The van der Waals surface area contributed by atoms with E-state index in [4.69, 9.17) is 0 Å². The lowest BCUT2D eigenvalue weighted by Crippen LogP contribution is -2.35. The molecule has 1 aromatic carbocycles. The lowest BCUT2D eigenvalue weighted by Gasteiger charge is -2.28. The molecule has 0 saturated carbocycles. The van der Waals surface area contributed by atoms with Crippen LogP contribution in [0.2, 0.25) is 0 Å². The van der Waals surface area contributed by atoms with Gasteiger partial charge in [0, 0.05) is 25.0 Å². The summed E-state index contributed by atoms with van der Waals surface area (Å²) in [6.45, 7) is 2.72. The third-order valence-corrected chi connectivity index (χ3v) is 3.69. The molecule has 4 heteroatoms. The Balaban J connectivity index is 1.97. The zero-order chi connectivity index (χ0) is 13.4. The Labute approximate surface area is 112 Å². The number of rotatable bonds is 1. The van der Waals surface area contributed by atoms with Crippen molar-refractivity contribution in [3.63, 3.8) is 0 Å².